The number of nitrogens with zero attached hydrogens (tertiary/aromatic N) is 1. The minimum Gasteiger partial charge on any atom is -0.463 e. The van der Waals surface area contributed by atoms with Gasteiger partial charge < -0.3 is 4.74 Å². The van der Waals surface area contributed by atoms with Gasteiger partial charge in [0.05, 0.1) is 17.8 Å². The van der Waals surface area contributed by atoms with Crippen LogP contribution < -0.4 is 15.9 Å². The first-order chi connectivity index (χ1) is 15.2. The van der Waals surface area contributed by atoms with Crippen LogP contribution in [0.15, 0.2) is 96.5 Å². The summed E-state index contributed by atoms with van der Waals surface area (Å²) in [6.45, 7) is 2.37. The number of aromatic nitrogens is 1. The van der Waals surface area contributed by atoms with Gasteiger partial charge in [-0.2, -0.15) is 0 Å². The standard InChI is InChI=1S/C26H25NO2PS/c1-21-25(31-20-27-21)17-18-29-26(28)19-30(22-11-5-2-6-12-22,23-13-7-3-8-14-23)24-15-9-4-10-16-24/h2-16,20H,17-19H2,1H3/q+1. The van der Waals surface area contributed by atoms with Crippen LogP contribution >= 0.6 is 18.6 Å². The molecule has 4 aromatic rings. The predicted octanol–water partition coefficient (Wildman–Crippen LogP) is 4.53. The molecule has 0 aliphatic rings. The van der Waals surface area contributed by atoms with Gasteiger partial charge in [-0.3, -0.25) is 0 Å². The highest BCUT2D eigenvalue weighted by molar-refractivity contribution is 7.96. The topological polar surface area (TPSA) is 39.2 Å². The van der Waals surface area contributed by atoms with Gasteiger partial charge in [0.2, 0.25) is 0 Å². The molecule has 156 valence electrons. The van der Waals surface area contributed by atoms with Gasteiger partial charge in [0.1, 0.15) is 23.2 Å². The molecule has 0 radical (unpaired) electrons. The number of hydrogen-bond donors (Lipinski definition) is 0. The van der Waals surface area contributed by atoms with Crippen LogP contribution in [0.4, 0.5) is 0 Å². The lowest BCUT2D eigenvalue weighted by Gasteiger charge is -2.26. The third-order valence-electron chi connectivity index (χ3n) is 5.39. The van der Waals surface area contributed by atoms with E-state index >= 15 is 0 Å². The zero-order valence-corrected chi connectivity index (χ0v) is 19.2. The zero-order chi connectivity index (χ0) is 21.5. The summed E-state index contributed by atoms with van der Waals surface area (Å²) in [7, 11) is -2.20. The lowest BCUT2D eigenvalue weighted by molar-refractivity contribution is -0.140. The first-order valence-electron chi connectivity index (χ1n) is 10.3. The molecule has 0 spiro atoms. The van der Waals surface area contributed by atoms with Gasteiger partial charge in [-0.25, -0.2) is 9.78 Å². The quantitative estimate of drug-likeness (QED) is 0.295. The summed E-state index contributed by atoms with van der Waals surface area (Å²) in [5, 5.41) is 3.55. The summed E-state index contributed by atoms with van der Waals surface area (Å²) in [4.78, 5) is 18.6. The lowest BCUT2D eigenvalue weighted by atomic mass is 10.3. The molecule has 0 atom stereocenters. The van der Waals surface area contributed by atoms with Crippen molar-refractivity contribution in [3.05, 3.63) is 107 Å². The molecule has 0 bridgehead atoms. The Morgan fingerprint density at radius 3 is 1.74 bits per heavy atom. The van der Waals surface area contributed by atoms with Crippen LogP contribution in [0.3, 0.4) is 0 Å². The summed E-state index contributed by atoms with van der Waals surface area (Å²) in [6, 6.07) is 31.2. The lowest BCUT2D eigenvalue weighted by Crippen LogP contribution is -2.36. The maximum absolute atomic E-state index is 13.2. The number of aryl methyl sites for hydroxylation is 1. The Kier molecular flexibility index (Phi) is 6.91. The van der Waals surface area contributed by atoms with E-state index in [0.717, 1.165) is 5.69 Å². The summed E-state index contributed by atoms with van der Waals surface area (Å²) >= 11 is 1.61. The molecule has 0 unspecified atom stereocenters. The van der Waals surface area contributed by atoms with Crippen molar-refractivity contribution < 1.29 is 9.53 Å². The molecular weight excluding hydrogens is 421 g/mol. The number of esters is 1. The van der Waals surface area contributed by atoms with Crippen LogP contribution in [0.2, 0.25) is 0 Å². The van der Waals surface area contributed by atoms with E-state index in [9.17, 15) is 4.79 Å². The van der Waals surface area contributed by atoms with E-state index in [1.54, 1.807) is 11.3 Å². The zero-order valence-electron chi connectivity index (χ0n) is 17.5. The number of benzene rings is 3. The predicted molar refractivity (Wildman–Crippen MR) is 132 cm³/mol. The molecule has 0 fully saturated rings. The molecule has 3 aromatic carbocycles. The highest BCUT2D eigenvalue weighted by atomic mass is 32.1. The fourth-order valence-corrected chi connectivity index (χ4v) is 8.56. The van der Waals surface area contributed by atoms with Crippen LogP contribution in [0.5, 0.6) is 0 Å². The molecule has 31 heavy (non-hydrogen) atoms. The minimum atomic E-state index is -2.20. The molecule has 5 heteroatoms. The smallest absolute Gasteiger partial charge is 0.345 e. The Morgan fingerprint density at radius 2 is 1.32 bits per heavy atom. The molecule has 0 saturated carbocycles. The highest BCUT2D eigenvalue weighted by Gasteiger charge is 2.47. The Labute approximate surface area is 188 Å². The Morgan fingerprint density at radius 1 is 0.839 bits per heavy atom. The summed E-state index contributed by atoms with van der Waals surface area (Å²) in [5.74, 6) is -0.160. The van der Waals surface area contributed by atoms with Crippen molar-refractivity contribution in [3.63, 3.8) is 0 Å². The van der Waals surface area contributed by atoms with Crippen LogP contribution in [-0.2, 0) is 16.0 Å². The van der Waals surface area contributed by atoms with Gasteiger partial charge in [-0.15, -0.1) is 11.3 Å². The normalized spacial score (nSPS) is 11.3. The van der Waals surface area contributed by atoms with E-state index in [1.165, 1.54) is 20.8 Å². The second-order valence-electron chi connectivity index (χ2n) is 7.31. The van der Waals surface area contributed by atoms with Gasteiger partial charge in [-0.1, -0.05) is 54.6 Å². The van der Waals surface area contributed by atoms with Crippen molar-refractivity contribution in [2.24, 2.45) is 0 Å². The van der Waals surface area contributed by atoms with Gasteiger partial charge >= 0.3 is 5.97 Å². The van der Waals surface area contributed by atoms with E-state index in [1.807, 2.05) is 67.0 Å². The number of thiazole rings is 1. The van der Waals surface area contributed by atoms with Crippen LogP contribution in [0.1, 0.15) is 10.6 Å². The molecule has 0 aliphatic heterocycles. The van der Waals surface area contributed by atoms with E-state index in [4.69, 9.17) is 4.74 Å². The van der Waals surface area contributed by atoms with Crippen LogP contribution in [-0.4, -0.2) is 23.7 Å². The average Bonchev–Trinajstić information content (AvgIpc) is 3.24. The van der Waals surface area contributed by atoms with Crippen molar-refractivity contribution in [1.82, 2.24) is 4.98 Å². The van der Waals surface area contributed by atoms with Crippen molar-refractivity contribution in [1.29, 1.82) is 0 Å². The molecule has 0 saturated heterocycles. The number of hydrogen-bond acceptors (Lipinski definition) is 4. The van der Waals surface area contributed by atoms with E-state index < -0.39 is 7.26 Å². The third-order valence-corrected chi connectivity index (χ3v) is 10.7. The van der Waals surface area contributed by atoms with Crippen LogP contribution in [0.25, 0.3) is 0 Å². The molecule has 4 rings (SSSR count). The Hall–Kier alpha value is -2.81. The maximum atomic E-state index is 13.2. The second-order valence-corrected chi connectivity index (χ2v) is 11.7. The molecule has 0 N–H and O–H groups in total. The number of carbonyl (C=O) groups is 1. The molecule has 0 aliphatic carbocycles. The monoisotopic (exact) mass is 446 g/mol. The molecule has 1 aromatic heterocycles. The maximum Gasteiger partial charge on any atom is 0.345 e. The summed E-state index contributed by atoms with van der Waals surface area (Å²) in [6.07, 6.45) is 1.04. The largest absolute Gasteiger partial charge is 0.463 e. The first-order valence-corrected chi connectivity index (χ1v) is 13.1. The number of rotatable bonds is 8. The Balaban J connectivity index is 1.68. The van der Waals surface area contributed by atoms with Gasteiger partial charge in [-0.05, 0) is 43.3 Å². The van der Waals surface area contributed by atoms with Crippen LogP contribution in [0, 0.1) is 6.92 Å². The minimum absolute atomic E-state index is 0.160. The number of ether oxygens (including phenoxy) is 1. The number of carbonyl (C=O) groups excluding carboxylic acids is 1. The summed E-state index contributed by atoms with van der Waals surface area (Å²) in [5.41, 5.74) is 2.85. The van der Waals surface area contributed by atoms with E-state index in [0.29, 0.717) is 19.2 Å². The third kappa shape index (κ3) is 4.76. The van der Waals surface area contributed by atoms with Gasteiger partial charge in [0.15, 0.2) is 6.16 Å². The van der Waals surface area contributed by atoms with Crippen molar-refractivity contribution in [2.75, 3.05) is 12.8 Å². The van der Waals surface area contributed by atoms with E-state index in [2.05, 4.69) is 41.4 Å². The van der Waals surface area contributed by atoms with Crippen molar-refractivity contribution in [2.45, 2.75) is 13.3 Å². The van der Waals surface area contributed by atoms with E-state index in [-0.39, 0.29) is 5.97 Å². The van der Waals surface area contributed by atoms with Crippen molar-refractivity contribution >= 4 is 40.5 Å². The highest BCUT2D eigenvalue weighted by Crippen LogP contribution is 2.55. The average molecular weight is 447 g/mol. The molecule has 1 heterocycles. The van der Waals surface area contributed by atoms with Gasteiger partial charge in [0.25, 0.3) is 0 Å². The van der Waals surface area contributed by atoms with Crippen molar-refractivity contribution in [3.8, 4) is 0 Å². The fourth-order valence-electron chi connectivity index (χ4n) is 3.83. The first kappa shape index (κ1) is 21.4. The molecular formula is C26H25NO2PS+. The fraction of sp³-hybridized carbons (Fsp3) is 0.154. The Bertz CT molecular complexity index is 1020. The molecule has 3 nitrogen and oxygen atoms in total. The molecule has 0 amide bonds. The SMILES string of the molecule is Cc1ncsc1CCOC(=O)C[P+](c1ccccc1)(c1ccccc1)c1ccccc1. The van der Waals surface area contributed by atoms with Gasteiger partial charge in [0, 0.05) is 11.3 Å². The second kappa shape index (κ2) is 10.00. The summed E-state index contributed by atoms with van der Waals surface area (Å²) < 4.78 is 5.76.